The third-order valence-corrected chi connectivity index (χ3v) is 2.38. The largest absolute Gasteiger partial charge is 0.388 e. The summed E-state index contributed by atoms with van der Waals surface area (Å²) in [5, 5.41) is 9.92. The van der Waals surface area contributed by atoms with Crippen molar-refractivity contribution >= 4 is 27.5 Å². The van der Waals surface area contributed by atoms with E-state index >= 15 is 0 Å². The maximum absolute atomic E-state index is 9.60. The molecule has 0 spiro atoms. The molecule has 1 unspecified atom stereocenters. The topological polar surface area (TPSA) is 59.1 Å². The van der Waals surface area contributed by atoms with Crippen LogP contribution in [-0.4, -0.2) is 16.6 Å². The summed E-state index contributed by atoms with van der Waals surface area (Å²) < 4.78 is 0.794. The van der Waals surface area contributed by atoms with Crippen molar-refractivity contribution in [1.82, 2.24) is 4.98 Å². The fourth-order valence-corrected chi connectivity index (χ4v) is 1.56. The van der Waals surface area contributed by atoms with Gasteiger partial charge in [-0.15, -0.1) is 0 Å². The van der Waals surface area contributed by atoms with Crippen molar-refractivity contribution in [3.8, 4) is 0 Å². The smallest absolute Gasteiger partial charge is 0.134 e. The standard InChI is InChI=1S/C8H10BrClN2O/c9-5-3-6(7(13)1-2-11)8(10)12-4-5/h3-4,7,13H,1-2,11H2. The first-order valence-corrected chi connectivity index (χ1v) is 5.01. The van der Waals surface area contributed by atoms with Crippen molar-refractivity contribution in [2.24, 2.45) is 5.73 Å². The fourth-order valence-electron chi connectivity index (χ4n) is 0.985. The van der Waals surface area contributed by atoms with Gasteiger partial charge in [0.25, 0.3) is 0 Å². The number of aliphatic hydroxyl groups is 1. The Balaban J connectivity index is 2.91. The summed E-state index contributed by atoms with van der Waals surface area (Å²) in [5.41, 5.74) is 5.93. The van der Waals surface area contributed by atoms with Gasteiger partial charge in [-0.1, -0.05) is 11.6 Å². The van der Waals surface area contributed by atoms with Crippen molar-refractivity contribution in [1.29, 1.82) is 0 Å². The minimum Gasteiger partial charge on any atom is -0.388 e. The molecule has 0 aliphatic carbocycles. The summed E-state index contributed by atoms with van der Waals surface area (Å²) in [6, 6.07) is 1.75. The van der Waals surface area contributed by atoms with Gasteiger partial charge in [0, 0.05) is 16.2 Å². The Labute approximate surface area is 90.1 Å². The summed E-state index contributed by atoms with van der Waals surface area (Å²) in [4.78, 5) is 3.90. The minimum absolute atomic E-state index is 0.323. The van der Waals surface area contributed by atoms with Crippen LogP contribution in [0.3, 0.4) is 0 Å². The highest BCUT2D eigenvalue weighted by atomic mass is 79.9. The Morgan fingerprint density at radius 1 is 1.69 bits per heavy atom. The molecule has 1 aromatic rings. The molecule has 0 fully saturated rings. The molecular weight excluding hydrogens is 255 g/mol. The molecule has 0 saturated carbocycles. The molecule has 0 bridgehead atoms. The van der Waals surface area contributed by atoms with Crippen molar-refractivity contribution in [3.63, 3.8) is 0 Å². The lowest BCUT2D eigenvalue weighted by molar-refractivity contribution is 0.170. The molecule has 3 N–H and O–H groups in total. The lowest BCUT2D eigenvalue weighted by Gasteiger charge is -2.10. The molecule has 0 aliphatic rings. The summed E-state index contributed by atoms with van der Waals surface area (Å²) >= 11 is 9.05. The van der Waals surface area contributed by atoms with Gasteiger partial charge in [0.15, 0.2) is 0 Å². The Morgan fingerprint density at radius 3 is 3.00 bits per heavy atom. The van der Waals surface area contributed by atoms with Crippen LogP contribution < -0.4 is 5.73 Å². The highest BCUT2D eigenvalue weighted by Crippen LogP contribution is 2.25. The molecular formula is C8H10BrClN2O. The molecule has 5 heteroatoms. The average molecular weight is 266 g/mol. The van der Waals surface area contributed by atoms with E-state index < -0.39 is 6.10 Å². The number of nitrogens with zero attached hydrogens (tertiary/aromatic N) is 1. The predicted octanol–water partition coefficient (Wildman–Crippen LogP) is 1.88. The molecule has 72 valence electrons. The van der Waals surface area contributed by atoms with E-state index in [4.69, 9.17) is 17.3 Å². The molecule has 1 heterocycles. The van der Waals surface area contributed by atoms with Gasteiger partial charge in [-0.3, -0.25) is 0 Å². The number of halogens is 2. The zero-order chi connectivity index (χ0) is 9.84. The van der Waals surface area contributed by atoms with E-state index in [9.17, 15) is 5.11 Å². The Morgan fingerprint density at radius 2 is 2.38 bits per heavy atom. The molecule has 13 heavy (non-hydrogen) atoms. The minimum atomic E-state index is -0.637. The number of rotatable bonds is 3. The van der Waals surface area contributed by atoms with Gasteiger partial charge in [0.05, 0.1) is 6.10 Å². The number of pyridine rings is 1. The zero-order valence-electron chi connectivity index (χ0n) is 6.87. The second kappa shape index (κ2) is 4.91. The van der Waals surface area contributed by atoms with Crippen LogP contribution in [0.4, 0.5) is 0 Å². The summed E-state index contributed by atoms with van der Waals surface area (Å²) in [6.45, 7) is 0.421. The highest BCUT2D eigenvalue weighted by Gasteiger charge is 2.11. The number of aliphatic hydroxyl groups excluding tert-OH is 1. The third-order valence-electron chi connectivity index (χ3n) is 1.63. The number of nitrogens with two attached hydrogens (primary N) is 1. The van der Waals surface area contributed by atoms with Gasteiger partial charge in [0.2, 0.25) is 0 Å². The second-order valence-electron chi connectivity index (χ2n) is 2.63. The maximum atomic E-state index is 9.60. The summed E-state index contributed by atoms with van der Waals surface area (Å²) in [6.07, 6.45) is 1.43. The van der Waals surface area contributed by atoms with Crippen LogP contribution in [0.5, 0.6) is 0 Å². The molecule has 0 radical (unpaired) electrons. The van der Waals surface area contributed by atoms with Crippen LogP contribution in [0, 0.1) is 0 Å². The molecule has 1 atom stereocenters. The van der Waals surface area contributed by atoms with Gasteiger partial charge in [-0.25, -0.2) is 4.98 Å². The van der Waals surface area contributed by atoms with Gasteiger partial charge < -0.3 is 10.8 Å². The van der Waals surface area contributed by atoms with Crippen molar-refractivity contribution in [2.75, 3.05) is 6.54 Å². The van der Waals surface area contributed by atoms with Crippen molar-refractivity contribution in [3.05, 3.63) is 27.5 Å². The van der Waals surface area contributed by atoms with E-state index in [1.807, 2.05) is 0 Å². The lowest BCUT2D eigenvalue weighted by atomic mass is 10.1. The molecule has 0 amide bonds. The van der Waals surface area contributed by atoms with Gasteiger partial charge in [-0.05, 0) is 35.0 Å². The third kappa shape index (κ3) is 2.91. The summed E-state index contributed by atoms with van der Waals surface area (Å²) in [7, 11) is 0. The Hall–Kier alpha value is -0.160. The van der Waals surface area contributed by atoms with E-state index in [1.54, 1.807) is 12.3 Å². The molecule has 1 aromatic heterocycles. The van der Waals surface area contributed by atoms with E-state index in [0.717, 1.165) is 4.47 Å². The SMILES string of the molecule is NCCC(O)c1cc(Br)cnc1Cl. The fraction of sp³-hybridized carbons (Fsp3) is 0.375. The average Bonchev–Trinajstić information content (AvgIpc) is 2.09. The van der Waals surface area contributed by atoms with E-state index in [-0.39, 0.29) is 0 Å². The molecule has 3 nitrogen and oxygen atoms in total. The van der Waals surface area contributed by atoms with Crippen LogP contribution in [0.1, 0.15) is 18.1 Å². The number of hydrogen-bond donors (Lipinski definition) is 2. The first-order valence-electron chi connectivity index (χ1n) is 3.84. The normalized spacial score (nSPS) is 12.9. The second-order valence-corrected chi connectivity index (χ2v) is 3.90. The quantitative estimate of drug-likeness (QED) is 0.821. The maximum Gasteiger partial charge on any atom is 0.134 e. The monoisotopic (exact) mass is 264 g/mol. The van der Waals surface area contributed by atoms with Gasteiger partial charge >= 0.3 is 0 Å². The summed E-state index contributed by atoms with van der Waals surface area (Å²) in [5.74, 6) is 0. The van der Waals surface area contributed by atoms with Crippen molar-refractivity contribution in [2.45, 2.75) is 12.5 Å². The zero-order valence-corrected chi connectivity index (χ0v) is 9.22. The van der Waals surface area contributed by atoms with Crippen LogP contribution in [0.15, 0.2) is 16.7 Å². The van der Waals surface area contributed by atoms with E-state index in [1.165, 1.54) is 0 Å². The molecule has 0 aliphatic heterocycles. The molecule has 1 rings (SSSR count). The highest BCUT2D eigenvalue weighted by molar-refractivity contribution is 9.10. The molecule has 0 aromatic carbocycles. The first-order chi connectivity index (χ1) is 6.15. The van der Waals surface area contributed by atoms with Crippen LogP contribution in [-0.2, 0) is 0 Å². The van der Waals surface area contributed by atoms with Crippen molar-refractivity contribution < 1.29 is 5.11 Å². The van der Waals surface area contributed by atoms with Gasteiger partial charge in [0.1, 0.15) is 5.15 Å². The van der Waals surface area contributed by atoms with E-state index in [0.29, 0.717) is 23.7 Å². The first kappa shape index (κ1) is 10.9. The number of aromatic nitrogens is 1. The van der Waals surface area contributed by atoms with E-state index in [2.05, 4.69) is 20.9 Å². The predicted molar refractivity (Wildman–Crippen MR) is 55.6 cm³/mol. The van der Waals surface area contributed by atoms with Crippen LogP contribution >= 0.6 is 27.5 Å². The molecule has 0 saturated heterocycles. The van der Waals surface area contributed by atoms with Crippen LogP contribution in [0.25, 0.3) is 0 Å². The van der Waals surface area contributed by atoms with Gasteiger partial charge in [-0.2, -0.15) is 0 Å². The Kier molecular flexibility index (Phi) is 4.12. The lowest BCUT2D eigenvalue weighted by Crippen LogP contribution is -2.07. The number of hydrogen-bond acceptors (Lipinski definition) is 3. The van der Waals surface area contributed by atoms with Crippen LogP contribution in [0.2, 0.25) is 5.15 Å². The Bertz CT molecular complexity index is 295.